The maximum absolute atomic E-state index is 12.1. The van der Waals surface area contributed by atoms with Crippen molar-refractivity contribution in [2.75, 3.05) is 13.2 Å². The number of aliphatic hydroxyl groups excluding tert-OH is 1. The quantitative estimate of drug-likeness (QED) is 0.612. The molecule has 1 amide bonds. The largest absolute Gasteiger partial charge is 0.415 e. The van der Waals surface area contributed by atoms with Crippen LogP contribution in [0.1, 0.15) is 26.7 Å². The Kier molecular flexibility index (Phi) is 7.15. The van der Waals surface area contributed by atoms with Gasteiger partial charge in [0.1, 0.15) is 5.75 Å². The van der Waals surface area contributed by atoms with Crippen molar-refractivity contribution in [2.45, 2.75) is 32.7 Å². The number of unbranched alkanes of at least 4 members (excludes halogenated alkanes) is 1. The van der Waals surface area contributed by atoms with Gasteiger partial charge in [0.15, 0.2) is 0 Å². The molecule has 1 rings (SSSR count). The first-order valence-corrected chi connectivity index (χ1v) is 7.48. The summed E-state index contributed by atoms with van der Waals surface area (Å²) in [6.45, 7) is 4.66. The maximum Gasteiger partial charge on any atom is 0.415 e. The van der Waals surface area contributed by atoms with E-state index >= 15 is 0 Å². The van der Waals surface area contributed by atoms with E-state index in [9.17, 15) is 4.79 Å². The summed E-state index contributed by atoms with van der Waals surface area (Å²) in [7, 11) is 0. The lowest BCUT2D eigenvalue weighted by Crippen LogP contribution is -2.39. The molecule has 0 saturated carbocycles. The predicted molar refractivity (Wildman–Crippen MR) is 83.3 cm³/mol. The van der Waals surface area contributed by atoms with E-state index in [0.29, 0.717) is 18.7 Å². The number of hydrogen-bond donors (Lipinski definition) is 1. The first kappa shape index (κ1) is 16.2. The Labute approximate surface area is 127 Å². The molecule has 1 N–H and O–H groups in total. The van der Waals surface area contributed by atoms with Crippen molar-refractivity contribution < 1.29 is 14.6 Å². The summed E-state index contributed by atoms with van der Waals surface area (Å²) in [6.07, 6.45) is 1.13. The summed E-state index contributed by atoms with van der Waals surface area (Å²) in [5.41, 5.74) is 0. The molecule has 0 aliphatic rings. The van der Waals surface area contributed by atoms with Crippen LogP contribution in [0.25, 0.3) is 0 Å². The Hall–Kier alpha value is -0.820. The molecule has 4 nitrogen and oxygen atoms in total. The lowest BCUT2D eigenvalue weighted by molar-refractivity contribution is 0.135. The van der Waals surface area contributed by atoms with Crippen LogP contribution in [-0.2, 0) is 0 Å². The van der Waals surface area contributed by atoms with Gasteiger partial charge in [-0.1, -0.05) is 12.1 Å². The molecule has 0 spiro atoms. The summed E-state index contributed by atoms with van der Waals surface area (Å²) in [4.78, 5) is 13.8. The Balaban J connectivity index is 2.64. The lowest BCUT2D eigenvalue weighted by Gasteiger charge is -2.25. The van der Waals surface area contributed by atoms with Crippen LogP contribution in [0.3, 0.4) is 0 Å². The molecule has 106 valence electrons. The van der Waals surface area contributed by atoms with E-state index in [4.69, 9.17) is 9.84 Å². The third-order valence-corrected chi connectivity index (χ3v) is 3.59. The van der Waals surface area contributed by atoms with Gasteiger partial charge in [-0.25, -0.2) is 4.79 Å². The number of rotatable bonds is 6. The highest BCUT2D eigenvalue weighted by Gasteiger charge is 2.19. The van der Waals surface area contributed by atoms with E-state index in [1.165, 1.54) is 0 Å². The van der Waals surface area contributed by atoms with E-state index in [2.05, 4.69) is 22.6 Å². The zero-order chi connectivity index (χ0) is 14.3. The number of aliphatic hydroxyl groups is 1. The second-order valence-corrected chi connectivity index (χ2v) is 5.68. The van der Waals surface area contributed by atoms with E-state index in [-0.39, 0.29) is 18.7 Å². The van der Waals surface area contributed by atoms with Crippen LogP contribution < -0.4 is 4.74 Å². The Morgan fingerprint density at radius 2 is 2.05 bits per heavy atom. The Bertz CT molecular complexity index is 409. The van der Waals surface area contributed by atoms with Crippen LogP contribution in [0.15, 0.2) is 24.3 Å². The second kappa shape index (κ2) is 8.37. The fourth-order valence-corrected chi connectivity index (χ4v) is 2.13. The van der Waals surface area contributed by atoms with Crippen molar-refractivity contribution in [3.63, 3.8) is 0 Å². The number of benzene rings is 1. The highest BCUT2D eigenvalue weighted by atomic mass is 127. The fraction of sp³-hybridized carbons (Fsp3) is 0.500. The number of amides is 1. The van der Waals surface area contributed by atoms with Gasteiger partial charge in [0, 0.05) is 19.2 Å². The van der Waals surface area contributed by atoms with Gasteiger partial charge in [0.2, 0.25) is 0 Å². The third kappa shape index (κ3) is 5.36. The fourth-order valence-electron chi connectivity index (χ4n) is 1.63. The van der Waals surface area contributed by atoms with E-state index in [1.54, 1.807) is 11.0 Å². The number of carbonyl (C=O) groups is 1. The van der Waals surface area contributed by atoms with Gasteiger partial charge in [0.05, 0.1) is 3.57 Å². The number of para-hydroxylation sites is 1. The number of halogens is 1. The van der Waals surface area contributed by atoms with Gasteiger partial charge in [-0.15, -0.1) is 0 Å². The van der Waals surface area contributed by atoms with Crippen molar-refractivity contribution in [1.82, 2.24) is 4.90 Å². The molecule has 0 radical (unpaired) electrons. The van der Waals surface area contributed by atoms with Gasteiger partial charge in [-0.2, -0.15) is 0 Å². The maximum atomic E-state index is 12.1. The summed E-state index contributed by atoms with van der Waals surface area (Å²) in [6, 6.07) is 7.50. The van der Waals surface area contributed by atoms with Crippen molar-refractivity contribution in [3.05, 3.63) is 27.8 Å². The zero-order valence-corrected chi connectivity index (χ0v) is 13.5. The monoisotopic (exact) mass is 377 g/mol. The molecule has 0 aliphatic heterocycles. The zero-order valence-electron chi connectivity index (χ0n) is 11.3. The van der Waals surface area contributed by atoms with Crippen LogP contribution in [0.2, 0.25) is 0 Å². The molecule has 0 saturated heterocycles. The minimum absolute atomic E-state index is 0.0765. The summed E-state index contributed by atoms with van der Waals surface area (Å²) >= 11 is 2.14. The van der Waals surface area contributed by atoms with Crippen molar-refractivity contribution >= 4 is 28.7 Å². The summed E-state index contributed by atoms with van der Waals surface area (Å²) in [5.74, 6) is 0.584. The molecular weight excluding hydrogens is 357 g/mol. The first-order valence-electron chi connectivity index (χ1n) is 6.40. The molecule has 0 heterocycles. The minimum Gasteiger partial charge on any atom is -0.409 e. The van der Waals surface area contributed by atoms with Gasteiger partial charge >= 0.3 is 6.09 Å². The second-order valence-electron chi connectivity index (χ2n) is 4.52. The molecule has 5 heteroatoms. The average Bonchev–Trinajstić information content (AvgIpc) is 2.37. The standard InChI is InChI=1S/C14H20INO3/c1-11(2)16(9-5-6-10-17)14(18)19-13-8-4-3-7-12(13)15/h3-4,7-8,11,17H,5-6,9-10H2,1-2H3. The highest BCUT2D eigenvalue weighted by Crippen LogP contribution is 2.21. The average molecular weight is 377 g/mol. The van der Waals surface area contributed by atoms with Gasteiger partial charge < -0.3 is 14.7 Å². The molecule has 0 fully saturated rings. The minimum atomic E-state index is -0.336. The molecule has 0 atom stereocenters. The number of hydrogen-bond acceptors (Lipinski definition) is 3. The predicted octanol–water partition coefficient (Wildman–Crippen LogP) is 3.27. The van der Waals surface area contributed by atoms with Crippen molar-refractivity contribution in [3.8, 4) is 5.75 Å². The summed E-state index contributed by atoms with van der Waals surface area (Å²) < 4.78 is 6.33. The smallest absolute Gasteiger partial charge is 0.409 e. The van der Waals surface area contributed by atoms with Crippen molar-refractivity contribution in [2.24, 2.45) is 0 Å². The van der Waals surface area contributed by atoms with Gasteiger partial charge in [-0.05, 0) is 61.4 Å². The molecule has 1 aromatic carbocycles. The molecule has 0 aliphatic carbocycles. The third-order valence-electron chi connectivity index (χ3n) is 2.70. The van der Waals surface area contributed by atoms with E-state index < -0.39 is 0 Å². The molecule has 0 unspecified atom stereocenters. The Morgan fingerprint density at radius 1 is 1.37 bits per heavy atom. The van der Waals surface area contributed by atoms with Crippen molar-refractivity contribution in [1.29, 1.82) is 0 Å². The van der Waals surface area contributed by atoms with Crippen LogP contribution in [0, 0.1) is 3.57 Å². The molecule has 1 aromatic rings. The van der Waals surface area contributed by atoms with E-state index in [0.717, 1.165) is 9.99 Å². The normalized spacial score (nSPS) is 10.6. The highest BCUT2D eigenvalue weighted by molar-refractivity contribution is 14.1. The molecule has 0 bridgehead atoms. The lowest BCUT2D eigenvalue weighted by atomic mass is 10.2. The summed E-state index contributed by atoms with van der Waals surface area (Å²) in [5, 5.41) is 8.79. The Morgan fingerprint density at radius 3 is 2.63 bits per heavy atom. The first-order chi connectivity index (χ1) is 9.06. The van der Waals surface area contributed by atoms with E-state index in [1.807, 2.05) is 32.0 Å². The molecule has 0 aromatic heterocycles. The van der Waals surface area contributed by atoms with Crippen LogP contribution in [0.5, 0.6) is 5.75 Å². The van der Waals surface area contributed by atoms with Gasteiger partial charge in [-0.3, -0.25) is 0 Å². The molecule has 19 heavy (non-hydrogen) atoms. The number of ether oxygens (including phenoxy) is 1. The van der Waals surface area contributed by atoms with Crippen LogP contribution >= 0.6 is 22.6 Å². The SMILES string of the molecule is CC(C)N(CCCCO)C(=O)Oc1ccccc1I. The molecular formula is C14H20INO3. The number of carbonyl (C=O) groups excluding carboxylic acids is 1. The topological polar surface area (TPSA) is 49.8 Å². The van der Waals surface area contributed by atoms with Crippen LogP contribution in [-0.4, -0.2) is 35.3 Å². The number of nitrogens with zero attached hydrogens (tertiary/aromatic N) is 1. The van der Waals surface area contributed by atoms with Gasteiger partial charge in [0.25, 0.3) is 0 Å². The van der Waals surface area contributed by atoms with Crippen LogP contribution in [0.4, 0.5) is 4.79 Å².